The van der Waals surface area contributed by atoms with Gasteiger partial charge in [-0.2, -0.15) is 0 Å². The second-order valence-electron chi connectivity index (χ2n) is 5.73. The summed E-state index contributed by atoms with van der Waals surface area (Å²) < 4.78 is 10.6. The molecule has 2 aromatic rings. The molecule has 0 saturated carbocycles. The van der Waals surface area contributed by atoms with Crippen molar-refractivity contribution in [3.05, 3.63) is 61.1 Å². The van der Waals surface area contributed by atoms with Gasteiger partial charge in [0.2, 0.25) is 5.78 Å². The summed E-state index contributed by atoms with van der Waals surface area (Å²) in [7, 11) is 1.22. The molecule has 1 fully saturated rings. The molecule has 0 aromatic heterocycles. The number of fused-ring (bicyclic) bond motifs is 1. The van der Waals surface area contributed by atoms with Crippen LogP contribution in [0.2, 0.25) is 0 Å². The van der Waals surface area contributed by atoms with Gasteiger partial charge in [0.1, 0.15) is 6.10 Å². The number of carbonyl (C=O) groups is 2. The minimum atomic E-state index is -0.768. The Bertz CT molecular complexity index is 656. The predicted molar refractivity (Wildman–Crippen MR) is 99.3 cm³/mol. The van der Waals surface area contributed by atoms with E-state index in [-0.39, 0.29) is 6.29 Å². The first kappa shape index (κ1) is 19.1. The topological polar surface area (TPSA) is 55.8 Å². The summed E-state index contributed by atoms with van der Waals surface area (Å²) in [5.41, 5.74) is 0. The first-order chi connectivity index (χ1) is 12.1. The molecule has 0 N–H and O–H groups in total. The summed E-state index contributed by atoms with van der Waals surface area (Å²) in [5.74, 6) is 0.898. The number of nitrogens with zero attached hydrogens (tertiary/aromatic N) is 1. The van der Waals surface area contributed by atoms with Crippen LogP contribution in [0.5, 0.6) is 0 Å². The van der Waals surface area contributed by atoms with Crippen molar-refractivity contribution in [2.24, 2.45) is 0 Å². The third kappa shape index (κ3) is 5.94. The van der Waals surface area contributed by atoms with Crippen LogP contribution in [-0.2, 0) is 18.9 Å². The molecule has 0 bridgehead atoms. The van der Waals surface area contributed by atoms with E-state index in [2.05, 4.69) is 55.1 Å². The van der Waals surface area contributed by atoms with Gasteiger partial charge in [-0.05, 0) is 17.8 Å². The average Bonchev–Trinajstić information content (AvgIpc) is 2.64. The van der Waals surface area contributed by atoms with Crippen LogP contribution in [-0.4, -0.2) is 56.9 Å². The second kappa shape index (κ2) is 9.88. The number of carbonyl (C=O) groups excluding carboxylic acids is 2. The number of benzene rings is 2. The Morgan fingerprint density at radius 1 is 1.20 bits per heavy atom. The van der Waals surface area contributed by atoms with E-state index in [9.17, 15) is 9.59 Å². The zero-order chi connectivity index (χ0) is 18.1. The lowest BCUT2D eigenvalue weighted by Crippen LogP contribution is -2.45. The van der Waals surface area contributed by atoms with Gasteiger partial charge >= 0.3 is 7.12 Å². The Kier molecular flexibility index (Phi) is 7.53. The van der Waals surface area contributed by atoms with Crippen molar-refractivity contribution in [1.29, 1.82) is 0 Å². The van der Waals surface area contributed by atoms with E-state index in [1.165, 1.54) is 16.7 Å². The maximum Gasteiger partial charge on any atom is 0.486 e. The molecule has 1 heterocycles. The van der Waals surface area contributed by atoms with Gasteiger partial charge < -0.3 is 14.2 Å². The Balaban J connectivity index is 0.000000194. The highest BCUT2D eigenvalue weighted by atomic mass is 16.6. The molecule has 1 saturated heterocycles. The Labute approximate surface area is 148 Å². The number of Topliss-reactive ketones (excluding diaryl/α,β-unsaturated/α-hetero) is 1. The largest absolute Gasteiger partial charge is 0.486 e. The van der Waals surface area contributed by atoms with E-state index in [0.717, 1.165) is 0 Å². The summed E-state index contributed by atoms with van der Waals surface area (Å²) in [4.78, 5) is 23.5. The third-order valence-electron chi connectivity index (χ3n) is 3.82. The van der Waals surface area contributed by atoms with Gasteiger partial charge in [-0.1, -0.05) is 54.5 Å². The highest BCUT2D eigenvalue weighted by molar-refractivity contribution is 6.51. The molecule has 3 rings (SSSR count). The Morgan fingerprint density at radius 2 is 1.76 bits per heavy atom. The van der Waals surface area contributed by atoms with Crippen molar-refractivity contribution in [1.82, 2.24) is 4.90 Å². The molecule has 130 valence electrons. The molecule has 0 aliphatic carbocycles. The van der Waals surface area contributed by atoms with E-state index < -0.39 is 19.0 Å². The molecule has 0 radical (unpaired) electrons. The van der Waals surface area contributed by atoms with E-state index in [1.54, 1.807) is 0 Å². The lowest BCUT2D eigenvalue weighted by molar-refractivity contribution is -0.136. The van der Waals surface area contributed by atoms with E-state index in [0.29, 0.717) is 19.7 Å². The first-order valence-corrected chi connectivity index (χ1v) is 8.15. The number of hydrogen-bond donors (Lipinski definition) is 0. The van der Waals surface area contributed by atoms with Crippen LogP contribution in [0.25, 0.3) is 10.8 Å². The summed E-state index contributed by atoms with van der Waals surface area (Å²) in [5, 5.41) is 2.62. The molecule has 1 atom stereocenters. The SMILES string of the molecule is C=CB1OCCN(C)CC(C(=O)C=O)O1.c1ccc2ccccc2c1. The van der Waals surface area contributed by atoms with Gasteiger partial charge in [0, 0.05) is 19.7 Å². The van der Waals surface area contributed by atoms with E-state index in [1.807, 2.05) is 11.9 Å². The molecular weight excluding hydrogens is 317 g/mol. The smallest absolute Gasteiger partial charge is 0.406 e. The third-order valence-corrected chi connectivity index (χ3v) is 3.82. The fourth-order valence-electron chi connectivity index (χ4n) is 2.43. The monoisotopic (exact) mass is 339 g/mol. The summed E-state index contributed by atoms with van der Waals surface area (Å²) in [6.45, 7) is 5.13. The van der Waals surface area contributed by atoms with Crippen LogP contribution in [0.1, 0.15) is 0 Å². The zero-order valence-corrected chi connectivity index (χ0v) is 14.3. The fourth-order valence-corrected chi connectivity index (χ4v) is 2.43. The number of aldehydes is 1. The normalized spacial score (nSPS) is 18.4. The van der Waals surface area contributed by atoms with E-state index >= 15 is 0 Å². The van der Waals surface area contributed by atoms with Crippen molar-refractivity contribution < 1.29 is 18.9 Å². The minimum Gasteiger partial charge on any atom is -0.406 e. The Morgan fingerprint density at radius 3 is 2.24 bits per heavy atom. The quantitative estimate of drug-likeness (QED) is 0.487. The fraction of sp³-hybridized carbons (Fsp3) is 0.263. The Hall–Kier alpha value is -2.28. The van der Waals surface area contributed by atoms with Crippen LogP contribution in [0.3, 0.4) is 0 Å². The summed E-state index contributed by atoms with van der Waals surface area (Å²) in [6.07, 6.45) is -0.490. The van der Waals surface area contributed by atoms with Crippen molar-refractivity contribution >= 4 is 30.0 Å². The molecule has 25 heavy (non-hydrogen) atoms. The van der Waals surface area contributed by atoms with E-state index in [4.69, 9.17) is 9.31 Å². The summed E-state index contributed by atoms with van der Waals surface area (Å²) in [6, 6.07) is 16.7. The lowest BCUT2D eigenvalue weighted by Gasteiger charge is -2.27. The number of hydrogen-bond acceptors (Lipinski definition) is 5. The lowest BCUT2D eigenvalue weighted by atomic mass is 9.89. The standard InChI is InChI=1S/C10H8.C9H14BNO4/c1-2-6-10-8-4-3-7-9(10)5-1;1-3-10-14-5-4-11(2)6-9(15-10)8(13)7-12/h1-8H;3,7,9H,1,4-6H2,2H3. The van der Waals surface area contributed by atoms with Gasteiger partial charge in [0.25, 0.3) is 0 Å². The van der Waals surface area contributed by atoms with Gasteiger partial charge in [-0.3, -0.25) is 9.59 Å². The molecule has 1 aliphatic heterocycles. The van der Waals surface area contributed by atoms with Crippen molar-refractivity contribution in [3.8, 4) is 0 Å². The molecule has 1 aliphatic rings. The first-order valence-electron chi connectivity index (χ1n) is 8.15. The maximum absolute atomic E-state index is 11.2. The zero-order valence-electron chi connectivity index (χ0n) is 14.3. The minimum absolute atomic E-state index is 0.278. The van der Waals surface area contributed by atoms with Gasteiger partial charge in [0.05, 0.1) is 0 Å². The predicted octanol–water partition coefficient (Wildman–Crippen LogP) is 2.15. The highest BCUT2D eigenvalue weighted by Crippen LogP contribution is 2.11. The van der Waals surface area contributed by atoms with Gasteiger partial charge in [-0.15, -0.1) is 6.58 Å². The van der Waals surface area contributed by atoms with Crippen LogP contribution < -0.4 is 0 Å². The van der Waals surface area contributed by atoms with Crippen LogP contribution in [0, 0.1) is 0 Å². The van der Waals surface area contributed by atoms with Gasteiger partial charge in [0.15, 0.2) is 6.29 Å². The molecule has 0 spiro atoms. The van der Waals surface area contributed by atoms with Crippen molar-refractivity contribution in [2.45, 2.75) is 6.10 Å². The molecule has 6 heteroatoms. The number of likely N-dealkylation sites (N-methyl/N-ethyl adjacent to an activating group) is 1. The van der Waals surface area contributed by atoms with Crippen LogP contribution in [0.15, 0.2) is 61.1 Å². The van der Waals surface area contributed by atoms with Gasteiger partial charge in [-0.25, -0.2) is 0 Å². The second-order valence-corrected chi connectivity index (χ2v) is 5.73. The molecule has 0 amide bonds. The number of ketones is 1. The maximum atomic E-state index is 11.2. The number of rotatable bonds is 3. The molecule has 2 aromatic carbocycles. The summed E-state index contributed by atoms with van der Waals surface area (Å²) >= 11 is 0. The molecular formula is C19H22BNO4. The molecule has 1 unspecified atom stereocenters. The average molecular weight is 339 g/mol. The molecule has 5 nitrogen and oxygen atoms in total. The van der Waals surface area contributed by atoms with Crippen LogP contribution in [0.4, 0.5) is 0 Å². The highest BCUT2D eigenvalue weighted by Gasteiger charge is 2.28. The van der Waals surface area contributed by atoms with Crippen LogP contribution >= 0.6 is 0 Å². The van der Waals surface area contributed by atoms with Crippen molar-refractivity contribution in [3.63, 3.8) is 0 Å². The van der Waals surface area contributed by atoms with Crippen molar-refractivity contribution in [2.75, 3.05) is 26.7 Å².